The van der Waals surface area contributed by atoms with Gasteiger partial charge in [0.2, 0.25) is 0 Å². The Morgan fingerprint density at radius 2 is 1.68 bits per heavy atom. The maximum absolute atomic E-state index is 12.5. The summed E-state index contributed by atoms with van der Waals surface area (Å²) < 4.78 is 6.94. The number of aromatic nitrogens is 2. The summed E-state index contributed by atoms with van der Waals surface area (Å²) in [6.07, 6.45) is 1.03. The van der Waals surface area contributed by atoms with E-state index in [0.717, 1.165) is 16.5 Å². The van der Waals surface area contributed by atoms with Crippen LogP contribution >= 0.6 is 0 Å². The van der Waals surface area contributed by atoms with Crippen molar-refractivity contribution in [3.63, 3.8) is 0 Å². The van der Waals surface area contributed by atoms with Gasteiger partial charge in [-0.15, -0.1) is 0 Å². The van der Waals surface area contributed by atoms with Gasteiger partial charge in [-0.05, 0) is 40.5 Å². The van der Waals surface area contributed by atoms with E-state index in [1.165, 1.54) is 15.8 Å². The number of aliphatic carboxylic acids is 1. The van der Waals surface area contributed by atoms with Crippen LogP contribution in [0.3, 0.4) is 0 Å². The molecular formula is C24H19N3O4. The van der Waals surface area contributed by atoms with Gasteiger partial charge in [-0.3, -0.25) is 14.8 Å². The van der Waals surface area contributed by atoms with E-state index in [0.29, 0.717) is 11.2 Å². The van der Waals surface area contributed by atoms with Gasteiger partial charge in [0.15, 0.2) is 0 Å². The number of hydrogen-bond donors (Lipinski definition) is 2. The van der Waals surface area contributed by atoms with E-state index in [4.69, 9.17) is 9.84 Å². The van der Waals surface area contributed by atoms with E-state index in [1.807, 2.05) is 24.3 Å². The number of carboxylic acids is 1. The zero-order chi connectivity index (χ0) is 21.4. The maximum atomic E-state index is 12.5. The molecule has 1 aliphatic carbocycles. The summed E-state index contributed by atoms with van der Waals surface area (Å²) in [5, 5.41) is 16.6. The molecule has 0 fully saturated rings. The van der Waals surface area contributed by atoms with Gasteiger partial charge in [-0.25, -0.2) is 4.79 Å². The molecule has 0 saturated carbocycles. The van der Waals surface area contributed by atoms with Crippen LogP contribution in [-0.2, 0) is 16.1 Å². The molecule has 5 rings (SSSR count). The van der Waals surface area contributed by atoms with Crippen molar-refractivity contribution in [1.82, 2.24) is 9.78 Å². The normalized spacial score (nSPS) is 12.4. The summed E-state index contributed by atoms with van der Waals surface area (Å²) in [4.78, 5) is 23.5. The number of carboxylic acid groups (broad SMARTS) is 1. The first-order chi connectivity index (χ1) is 15.1. The lowest BCUT2D eigenvalue weighted by Crippen LogP contribution is -2.18. The van der Waals surface area contributed by atoms with Gasteiger partial charge in [-0.1, -0.05) is 48.5 Å². The predicted molar refractivity (Wildman–Crippen MR) is 116 cm³/mol. The fraction of sp³-hybridized carbons (Fsp3) is 0.125. The fourth-order valence-corrected chi connectivity index (χ4v) is 4.15. The first-order valence-corrected chi connectivity index (χ1v) is 9.89. The molecule has 1 aliphatic rings. The lowest BCUT2D eigenvalue weighted by molar-refractivity contribution is -0.137. The van der Waals surface area contributed by atoms with Crippen LogP contribution in [0.5, 0.6) is 0 Å². The Labute approximate surface area is 177 Å². The van der Waals surface area contributed by atoms with Crippen LogP contribution in [0.1, 0.15) is 17.0 Å². The van der Waals surface area contributed by atoms with Crippen LogP contribution in [0.4, 0.5) is 10.5 Å². The first-order valence-electron chi connectivity index (χ1n) is 9.89. The Bertz CT molecular complexity index is 1270. The van der Waals surface area contributed by atoms with E-state index in [9.17, 15) is 9.59 Å². The standard InChI is InChI=1S/C24H19N3O4/c28-23(29)13-27-22-11-16(10-9-15(22)12-25-27)26-24(30)31-14-21-19-7-3-1-5-17(19)18-6-2-4-8-20(18)21/h1-12,21H,13-14H2,(H,26,30)(H,28,29). The van der Waals surface area contributed by atoms with Gasteiger partial charge in [0.1, 0.15) is 13.2 Å². The average Bonchev–Trinajstić information content (AvgIpc) is 3.31. The maximum Gasteiger partial charge on any atom is 0.411 e. The Balaban J connectivity index is 1.31. The summed E-state index contributed by atoms with van der Waals surface area (Å²) in [5.74, 6) is -1.00. The number of nitrogens with zero attached hydrogens (tertiary/aromatic N) is 2. The number of anilines is 1. The van der Waals surface area contributed by atoms with E-state index in [2.05, 4.69) is 34.7 Å². The third-order valence-electron chi connectivity index (χ3n) is 5.52. The molecule has 154 valence electrons. The van der Waals surface area contributed by atoms with Crippen molar-refractivity contribution >= 4 is 28.7 Å². The second kappa shape index (κ2) is 7.60. The van der Waals surface area contributed by atoms with Crippen molar-refractivity contribution in [2.75, 3.05) is 11.9 Å². The Morgan fingerprint density at radius 1 is 1.00 bits per heavy atom. The number of carbonyl (C=O) groups excluding carboxylic acids is 1. The quantitative estimate of drug-likeness (QED) is 0.503. The van der Waals surface area contributed by atoms with Crippen LogP contribution < -0.4 is 5.32 Å². The summed E-state index contributed by atoms with van der Waals surface area (Å²) in [7, 11) is 0. The first kappa shape index (κ1) is 18.9. The molecule has 7 heteroatoms. The van der Waals surface area contributed by atoms with Gasteiger partial charge in [0.25, 0.3) is 0 Å². The molecule has 1 aromatic heterocycles. The van der Waals surface area contributed by atoms with Crippen LogP contribution in [-0.4, -0.2) is 33.6 Å². The molecule has 3 aromatic carbocycles. The summed E-state index contributed by atoms with van der Waals surface area (Å²) >= 11 is 0. The van der Waals surface area contributed by atoms with Crippen LogP contribution in [0.2, 0.25) is 0 Å². The van der Waals surface area contributed by atoms with Crippen molar-refractivity contribution in [3.05, 3.63) is 84.1 Å². The Hall–Kier alpha value is -4.13. The highest BCUT2D eigenvalue weighted by molar-refractivity contribution is 5.90. The van der Waals surface area contributed by atoms with Gasteiger partial charge in [0, 0.05) is 17.0 Å². The summed E-state index contributed by atoms with van der Waals surface area (Å²) in [6.45, 7) is -0.0308. The van der Waals surface area contributed by atoms with Crippen molar-refractivity contribution in [3.8, 4) is 11.1 Å². The molecule has 0 bridgehead atoms. The van der Waals surface area contributed by atoms with Gasteiger partial charge in [-0.2, -0.15) is 5.10 Å². The molecular weight excluding hydrogens is 394 g/mol. The van der Waals surface area contributed by atoms with Crippen molar-refractivity contribution < 1.29 is 19.4 Å². The number of hydrogen-bond acceptors (Lipinski definition) is 4. The minimum absolute atomic E-state index is 0.0161. The number of fused-ring (bicyclic) bond motifs is 4. The number of ether oxygens (including phenoxy) is 1. The smallest absolute Gasteiger partial charge is 0.411 e. The minimum Gasteiger partial charge on any atom is -0.480 e. The molecule has 0 unspecified atom stereocenters. The highest BCUT2D eigenvalue weighted by Crippen LogP contribution is 2.44. The van der Waals surface area contributed by atoms with E-state index in [1.54, 1.807) is 24.4 Å². The summed E-state index contributed by atoms with van der Waals surface area (Å²) in [6, 6.07) is 21.5. The topological polar surface area (TPSA) is 93.5 Å². The fourth-order valence-electron chi connectivity index (χ4n) is 4.15. The third-order valence-corrected chi connectivity index (χ3v) is 5.52. The number of amides is 1. The van der Waals surface area contributed by atoms with E-state index in [-0.39, 0.29) is 19.1 Å². The molecule has 7 nitrogen and oxygen atoms in total. The van der Waals surface area contributed by atoms with Gasteiger partial charge in [0.05, 0.1) is 11.7 Å². The minimum atomic E-state index is -0.986. The second-order valence-corrected chi connectivity index (χ2v) is 7.42. The molecule has 31 heavy (non-hydrogen) atoms. The lowest BCUT2D eigenvalue weighted by atomic mass is 9.98. The van der Waals surface area contributed by atoms with Gasteiger partial charge < -0.3 is 9.84 Å². The van der Waals surface area contributed by atoms with Crippen molar-refractivity contribution in [2.45, 2.75) is 12.5 Å². The SMILES string of the molecule is O=C(O)Cn1ncc2ccc(NC(=O)OCC3c4ccccc4-c4ccccc43)cc21. The molecule has 0 saturated heterocycles. The molecule has 2 N–H and O–H groups in total. The third kappa shape index (κ3) is 3.50. The highest BCUT2D eigenvalue weighted by atomic mass is 16.5. The number of benzene rings is 3. The number of rotatable bonds is 5. The second-order valence-electron chi connectivity index (χ2n) is 7.42. The molecule has 1 heterocycles. The van der Waals surface area contributed by atoms with E-state index >= 15 is 0 Å². The van der Waals surface area contributed by atoms with E-state index < -0.39 is 12.1 Å². The van der Waals surface area contributed by atoms with Crippen LogP contribution in [0.15, 0.2) is 72.9 Å². The molecule has 0 aliphatic heterocycles. The average molecular weight is 413 g/mol. The Kier molecular flexibility index (Phi) is 4.63. The predicted octanol–water partition coefficient (Wildman–Crippen LogP) is 4.48. The summed E-state index contributed by atoms with van der Waals surface area (Å²) in [5.41, 5.74) is 5.77. The van der Waals surface area contributed by atoms with Crippen LogP contribution in [0, 0.1) is 0 Å². The Morgan fingerprint density at radius 3 is 2.35 bits per heavy atom. The number of nitrogens with one attached hydrogen (secondary N) is 1. The highest BCUT2D eigenvalue weighted by Gasteiger charge is 2.29. The molecule has 0 radical (unpaired) electrons. The van der Waals surface area contributed by atoms with Gasteiger partial charge >= 0.3 is 12.1 Å². The van der Waals surface area contributed by atoms with Crippen LogP contribution in [0.25, 0.3) is 22.0 Å². The zero-order valence-corrected chi connectivity index (χ0v) is 16.5. The molecule has 4 aromatic rings. The van der Waals surface area contributed by atoms with Crippen molar-refractivity contribution in [1.29, 1.82) is 0 Å². The molecule has 0 atom stereocenters. The molecule has 0 spiro atoms. The lowest BCUT2D eigenvalue weighted by Gasteiger charge is -2.14. The number of carbonyl (C=O) groups is 2. The molecule has 1 amide bonds. The van der Waals surface area contributed by atoms with Crippen molar-refractivity contribution in [2.24, 2.45) is 0 Å². The monoisotopic (exact) mass is 413 g/mol. The largest absolute Gasteiger partial charge is 0.480 e. The zero-order valence-electron chi connectivity index (χ0n) is 16.5.